The van der Waals surface area contributed by atoms with Gasteiger partial charge in [0.25, 0.3) is 5.91 Å². The minimum Gasteiger partial charge on any atom is -0.333 e. The molecule has 1 aromatic heterocycles. The zero-order valence-corrected chi connectivity index (χ0v) is 10.0. The molecule has 5 nitrogen and oxygen atoms in total. The highest BCUT2D eigenvalue weighted by atomic mass is 16.2. The summed E-state index contributed by atoms with van der Waals surface area (Å²) < 4.78 is 0. The number of aryl methyl sites for hydroxylation is 1. The largest absolute Gasteiger partial charge is 0.333 e. The van der Waals surface area contributed by atoms with Crippen molar-refractivity contribution >= 4 is 5.91 Å². The second-order valence-electron chi connectivity index (χ2n) is 4.83. The molecule has 0 saturated heterocycles. The lowest BCUT2D eigenvalue weighted by atomic mass is 10.2. The van der Waals surface area contributed by atoms with Crippen molar-refractivity contribution in [3.63, 3.8) is 0 Å². The van der Waals surface area contributed by atoms with Gasteiger partial charge in [-0.1, -0.05) is 13.8 Å². The maximum atomic E-state index is 12.2. The lowest BCUT2D eigenvalue weighted by molar-refractivity contribution is 0.0710. The zero-order chi connectivity index (χ0) is 11.7. The van der Waals surface area contributed by atoms with Gasteiger partial charge in [0, 0.05) is 12.6 Å². The summed E-state index contributed by atoms with van der Waals surface area (Å²) in [4.78, 5) is 18.2. The number of aromatic amines is 1. The molecule has 1 aliphatic rings. The molecule has 88 valence electrons. The third-order valence-electron chi connectivity index (χ3n) is 2.60. The van der Waals surface area contributed by atoms with Crippen LogP contribution in [0, 0.1) is 12.8 Å². The average Bonchev–Trinajstić information content (AvgIpc) is 2.96. The maximum Gasteiger partial charge on any atom is 0.293 e. The fourth-order valence-electron chi connectivity index (χ4n) is 1.74. The number of hydrogen-bond donors (Lipinski definition) is 1. The van der Waals surface area contributed by atoms with Crippen molar-refractivity contribution in [3.8, 4) is 0 Å². The third-order valence-corrected chi connectivity index (χ3v) is 2.60. The Balaban J connectivity index is 2.10. The van der Waals surface area contributed by atoms with Crippen molar-refractivity contribution in [2.75, 3.05) is 6.54 Å². The Morgan fingerprint density at radius 2 is 2.25 bits per heavy atom. The van der Waals surface area contributed by atoms with E-state index in [1.807, 2.05) is 4.90 Å². The molecule has 1 aromatic rings. The number of hydrogen-bond acceptors (Lipinski definition) is 3. The van der Waals surface area contributed by atoms with Crippen molar-refractivity contribution in [2.24, 2.45) is 5.92 Å². The van der Waals surface area contributed by atoms with Gasteiger partial charge in [0.15, 0.2) is 0 Å². The van der Waals surface area contributed by atoms with Crippen LogP contribution in [0.5, 0.6) is 0 Å². The Bertz CT molecular complexity index is 381. The normalized spacial score (nSPS) is 15.5. The molecule has 1 heterocycles. The van der Waals surface area contributed by atoms with Crippen LogP contribution in [0.25, 0.3) is 0 Å². The van der Waals surface area contributed by atoms with Gasteiger partial charge in [0.2, 0.25) is 5.82 Å². The van der Waals surface area contributed by atoms with Gasteiger partial charge in [-0.05, 0) is 25.7 Å². The number of H-pyrrole nitrogens is 1. The van der Waals surface area contributed by atoms with E-state index < -0.39 is 0 Å². The van der Waals surface area contributed by atoms with Crippen LogP contribution in [0.4, 0.5) is 0 Å². The van der Waals surface area contributed by atoms with Crippen LogP contribution in [0.1, 0.15) is 43.1 Å². The molecule has 0 aliphatic heterocycles. The van der Waals surface area contributed by atoms with Crippen LogP contribution in [-0.4, -0.2) is 38.6 Å². The van der Waals surface area contributed by atoms with Gasteiger partial charge in [-0.25, -0.2) is 4.98 Å². The monoisotopic (exact) mass is 222 g/mol. The number of carbonyl (C=O) groups excluding carboxylic acids is 1. The van der Waals surface area contributed by atoms with Gasteiger partial charge in [-0.2, -0.15) is 0 Å². The predicted octanol–water partition coefficient (Wildman–Crippen LogP) is 1.37. The maximum absolute atomic E-state index is 12.2. The predicted molar refractivity (Wildman–Crippen MR) is 60.0 cm³/mol. The van der Waals surface area contributed by atoms with E-state index in [2.05, 4.69) is 29.0 Å². The summed E-state index contributed by atoms with van der Waals surface area (Å²) in [6.45, 7) is 6.82. The Kier molecular flexibility index (Phi) is 2.94. The number of nitrogens with zero attached hydrogens (tertiary/aromatic N) is 3. The van der Waals surface area contributed by atoms with Crippen molar-refractivity contribution < 1.29 is 4.79 Å². The molecule has 5 heteroatoms. The van der Waals surface area contributed by atoms with Crippen LogP contribution < -0.4 is 0 Å². The van der Waals surface area contributed by atoms with Gasteiger partial charge >= 0.3 is 0 Å². The molecule has 16 heavy (non-hydrogen) atoms. The molecule has 0 bridgehead atoms. The summed E-state index contributed by atoms with van der Waals surface area (Å²) in [6.07, 6.45) is 2.23. The van der Waals surface area contributed by atoms with Gasteiger partial charge < -0.3 is 4.90 Å². The first-order valence-electron chi connectivity index (χ1n) is 5.78. The van der Waals surface area contributed by atoms with Crippen molar-refractivity contribution in [1.29, 1.82) is 0 Å². The molecule has 1 N–H and O–H groups in total. The minimum atomic E-state index is -0.0412. The molecule has 1 amide bonds. The first-order chi connectivity index (χ1) is 7.58. The van der Waals surface area contributed by atoms with E-state index in [-0.39, 0.29) is 5.91 Å². The molecular formula is C11H18N4O. The van der Waals surface area contributed by atoms with Crippen LogP contribution in [0.3, 0.4) is 0 Å². The first kappa shape index (κ1) is 11.1. The van der Waals surface area contributed by atoms with E-state index in [1.54, 1.807) is 6.92 Å². The van der Waals surface area contributed by atoms with Crippen LogP contribution in [0.15, 0.2) is 0 Å². The number of amides is 1. The molecule has 1 aliphatic carbocycles. The van der Waals surface area contributed by atoms with E-state index in [1.165, 1.54) is 0 Å². The summed E-state index contributed by atoms with van der Waals surface area (Å²) in [5, 5.41) is 6.64. The van der Waals surface area contributed by atoms with Crippen LogP contribution >= 0.6 is 0 Å². The van der Waals surface area contributed by atoms with Crippen molar-refractivity contribution in [3.05, 3.63) is 11.6 Å². The third kappa shape index (κ3) is 2.40. The first-order valence-corrected chi connectivity index (χ1v) is 5.78. The van der Waals surface area contributed by atoms with Gasteiger partial charge in [-0.15, -0.1) is 5.10 Å². The molecule has 0 aromatic carbocycles. The molecule has 0 spiro atoms. The highest BCUT2D eigenvalue weighted by Crippen LogP contribution is 2.28. The lowest BCUT2D eigenvalue weighted by Crippen LogP contribution is -2.36. The summed E-state index contributed by atoms with van der Waals surface area (Å²) in [6, 6.07) is 0.411. The van der Waals surface area contributed by atoms with Crippen LogP contribution in [-0.2, 0) is 0 Å². The highest BCUT2D eigenvalue weighted by Gasteiger charge is 2.34. The Morgan fingerprint density at radius 3 is 2.69 bits per heavy atom. The Morgan fingerprint density at radius 1 is 1.56 bits per heavy atom. The Labute approximate surface area is 95.2 Å². The van der Waals surface area contributed by atoms with Gasteiger partial charge in [0.1, 0.15) is 5.82 Å². The number of rotatable bonds is 4. The molecule has 2 rings (SSSR count). The quantitative estimate of drug-likeness (QED) is 0.837. The second kappa shape index (κ2) is 4.23. The zero-order valence-electron chi connectivity index (χ0n) is 10.0. The lowest BCUT2D eigenvalue weighted by Gasteiger charge is -2.22. The fraction of sp³-hybridized carbons (Fsp3) is 0.727. The van der Waals surface area contributed by atoms with E-state index in [9.17, 15) is 4.79 Å². The molecule has 0 unspecified atom stereocenters. The van der Waals surface area contributed by atoms with Gasteiger partial charge in [0.05, 0.1) is 0 Å². The summed E-state index contributed by atoms with van der Waals surface area (Å²) >= 11 is 0. The van der Waals surface area contributed by atoms with Crippen molar-refractivity contribution in [2.45, 2.75) is 39.7 Å². The SMILES string of the molecule is Cc1nc(C(=O)N(CC(C)C)C2CC2)n[nH]1. The molecule has 1 saturated carbocycles. The average molecular weight is 222 g/mol. The topological polar surface area (TPSA) is 61.9 Å². The highest BCUT2D eigenvalue weighted by molar-refractivity contribution is 5.90. The summed E-state index contributed by atoms with van der Waals surface area (Å²) in [5.74, 6) is 1.42. The summed E-state index contributed by atoms with van der Waals surface area (Å²) in [5.41, 5.74) is 0. The molecule has 0 radical (unpaired) electrons. The minimum absolute atomic E-state index is 0.0412. The number of carbonyl (C=O) groups is 1. The number of aromatic nitrogens is 3. The standard InChI is InChI=1S/C11H18N4O/c1-7(2)6-15(9-4-5-9)11(16)10-12-8(3)13-14-10/h7,9H,4-6H2,1-3H3,(H,12,13,14). The van der Waals surface area contributed by atoms with E-state index >= 15 is 0 Å². The van der Waals surface area contributed by atoms with Crippen LogP contribution in [0.2, 0.25) is 0 Å². The van der Waals surface area contributed by atoms with E-state index in [0.717, 1.165) is 19.4 Å². The molecule has 0 atom stereocenters. The Hall–Kier alpha value is -1.39. The second-order valence-corrected chi connectivity index (χ2v) is 4.83. The number of nitrogens with one attached hydrogen (secondary N) is 1. The van der Waals surface area contributed by atoms with Crippen molar-refractivity contribution in [1.82, 2.24) is 20.1 Å². The molecular weight excluding hydrogens is 204 g/mol. The van der Waals surface area contributed by atoms with E-state index in [4.69, 9.17) is 0 Å². The fourth-order valence-corrected chi connectivity index (χ4v) is 1.74. The smallest absolute Gasteiger partial charge is 0.293 e. The van der Waals surface area contributed by atoms with Gasteiger partial charge in [-0.3, -0.25) is 9.89 Å². The van der Waals surface area contributed by atoms with E-state index in [0.29, 0.717) is 23.6 Å². The molecule has 1 fully saturated rings. The summed E-state index contributed by atoms with van der Waals surface area (Å²) in [7, 11) is 0.